The van der Waals surface area contributed by atoms with Crippen molar-refractivity contribution in [1.82, 2.24) is 9.21 Å². The number of likely N-dealkylation sites (N-methyl/N-ethyl adjacent to an activating group) is 1. The fourth-order valence-electron chi connectivity index (χ4n) is 2.75. The highest BCUT2D eigenvalue weighted by molar-refractivity contribution is 7.89. The standard InChI is InChI=1S/C13H21ClN2O2S2/c1-10-9-19-12(7-14)13(10)20(17,18)16-6-4-5-15(3)8-11(16)2/h9,11H,4-8H2,1-3H3. The SMILES string of the molecule is Cc1csc(CCl)c1S(=O)(=O)N1CCCN(C)CC1C. The van der Waals surface area contributed by atoms with Crippen molar-refractivity contribution in [1.29, 1.82) is 0 Å². The zero-order valence-corrected chi connectivity index (χ0v) is 14.5. The topological polar surface area (TPSA) is 40.6 Å². The summed E-state index contributed by atoms with van der Waals surface area (Å²) in [4.78, 5) is 3.35. The Balaban J connectivity index is 2.41. The van der Waals surface area contributed by atoms with Crippen LogP contribution in [0.1, 0.15) is 23.8 Å². The van der Waals surface area contributed by atoms with Gasteiger partial charge in [-0.3, -0.25) is 0 Å². The summed E-state index contributed by atoms with van der Waals surface area (Å²) >= 11 is 7.33. The molecule has 1 aliphatic rings. The summed E-state index contributed by atoms with van der Waals surface area (Å²) in [6, 6.07) is -0.0185. The van der Waals surface area contributed by atoms with E-state index in [1.807, 2.05) is 26.3 Å². The largest absolute Gasteiger partial charge is 0.305 e. The third-order valence-corrected chi connectivity index (χ3v) is 7.57. The molecule has 4 nitrogen and oxygen atoms in total. The summed E-state index contributed by atoms with van der Waals surface area (Å²) < 4.78 is 27.6. The molecule has 0 spiro atoms. The highest BCUT2D eigenvalue weighted by Gasteiger charge is 2.34. The second-order valence-corrected chi connectivity index (χ2v) is 8.44. The van der Waals surface area contributed by atoms with E-state index in [-0.39, 0.29) is 11.9 Å². The van der Waals surface area contributed by atoms with Crippen LogP contribution in [0.3, 0.4) is 0 Å². The van der Waals surface area contributed by atoms with Gasteiger partial charge in [-0.15, -0.1) is 22.9 Å². The van der Waals surface area contributed by atoms with Crippen LogP contribution in [-0.2, 0) is 15.9 Å². The van der Waals surface area contributed by atoms with E-state index < -0.39 is 10.0 Å². The van der Waals surface area contributed by atoms with Gasteiger partial charge in [-0.1, -0.05) is 0 Å². The Morgan fingerprint density at radius 1 is 1.45 bits per heavy atom. The van der Waals surface area contributed by atoms with Gasteiger partial charge in [-0.2, -0.15) is 4.31 Å². The molecular formula is C13H21ClN2O2S2. The summed E-state index contributed by atoms with van der Waals surface area (Å²) in [7, 11) is -1.42. The number of hydrogen-bond acceptors (Lipinski definition) is 4. The van der Waals surface area contributed by atoms with Crippen LogP contribution in [0.25, 0.3) is 0 Å². The smallest absolute Gasteiger partial charge is 0.244 e. The predicted molar refractivity (Wildman–Crippen MR) is 84.1 cm³/mol. The van der Waals surface area contributed by atoms with Crippen LogP contribution in [0.5, 0.6) is 0 Å². The molecule has 0 aromatic carbocycles. The van der Waals surface area contributed by atoms with Gasteiger partial charge in [0.2, 0.25) is 10.0 Å². The molecule has 0 radical (unpaired) electrons. The van der Waals surface area contributed by atoms with Crippen LogP contribution in [-0.4, -0.2) is 50.3 Å². The Kier molecular flexibility index (Phi) is 5.13. The first-order valence-electron chi connectivity index (χ1n) is 6.71. The van der Waals surface area contributed by atoms with Crippen LogP contribution < -0.4 is 0 Å². The maximum atomic E-state index is 13.0. The zero-order chi connectivity index (χ0) is 14.9. The molecule has 0 amide bonds. The summed E-state index contributed by atoms with van der Waals surface area (Å²) in [5, 5.41) is 1.87. The number of halogens is 1. The van der Waals surface area contributed by atoms with E-state index in [9.17, 15) is 8.42 Å². The molecule has 1 fully saturated rings. The number of sulfonamides is 1. The molecule has 1 aliphatic heterocycles. The number of aryl methyl sites for hydroxylation is 1. The molecular weight excluding hydrogens is 316 g/mol. The molecule has 2 rings (SSSR count). The number of thiophene rings is 1. The molecule has 0 N–H and O–H groups in total. The highest BCUT2D eigenvalue weighted by atomic mass is 35.5. The van der Waals surface area contributed by atoms with Gasteiger partial charge in [0.15, 0.2) is 0 Å². The molecule has 20 heavy (non-hydrogen) atoms. The minimum atomic E-state index is -3.46. The first-order valence-corrected chi connectivity index (χ1v) is 9.56. The minimum Gasteiger partial charge on any atom is -0.305 e. The average molecular weight is 337 g/mol. The van der Waals surface area contributed by atoms with Crippen molar-refractivity contribution >= 4 is 33.0 Å². The first kappa shape index (κ1) is 16.2. The van der Waals surface area contributed by atoms with Crippen LogP contribution in [0.4, 0.5) is 0 Å². The van der Waals surface area contributed by atoms with Gasteiger partial charge in [0.05, 0.1) is 5.88 Å². The van der Waals surface area contributed by atoms with E-state index in [4.69, 9.17) is 11.6 Å². The monoisotopic (exact) mass is 336 g/mol. The number of rotatable bonds is 3. The third kappa shape index (κ3) is 3.04. The zero-order valence-electron chi connectivity index (χ0n) is 12.1. The minimum absolute atomic E-state index is 0.0185. The first-order chi connectivity index (χ1) is 9.37. The predicted octanol–water partition coefficient (Wildman–Crippen LogP) is 2.51. The van der Waals surface area contributed by atoms with Crippen LogP contribution >= 0.6 is 22.9 Å². The Morgan fingerprint density at radius 2 is 2.15 bits per heavy atom. The van der Waals surface area contributed by atoms with E-state index in [1.54, 1.807) is 4.31 Å². The second kappa shape index (κ2) is 6.32. The van der Waals surface area contributed by atoms with Crippen molar-refractivity contribution in [2.75, 3.05) is 26.7 Å². The Hall–Kier alpha value is -0.140. The van der Waals surface area contributed by atoms with Crippen LogP contribution in [0.15, 0.2) is 10.3 Å². The van der Waals surface area contributed by atoms with E-state index in [2.05, 4.69) is 4.90 Å². The Labute approximate surface area is 130 Å². The fraction of sp³-hybridized carbons (Fsp3) is 0.692. The molecule has 0 bridgehead atoms. The summed E-state index contributed by atoms with van der Waals surface area (Å²) in [6.45, 7) is 6.08. The lowest BCUT2D eigenvalue weighted by Gasteiger charge is -2.27. The van der Waals surface area contributed by atoms with E-state index in [0.29, 0.717) is 11.4 Å². The van der Waals surface area contributed by atoms with Gasteiger partial charge in [0.25, 0.3) is 0 Å². The van der Waals surface area contributed by atoms with Gasteiger partial charge in [-0.25, -0.2) is 8.42 Å². The van der Waals surface area contributed by atoms with Gasteiger partial charge in [0, 0.05) is 24.0 Å². The molecule has 0 saturated carbocycles. The number of alkyl halides is 1. The summed E-state index contributed by atoms with van der Waals surface area (Å²) in [5.41, 5.74) is 0.801. The van der Waals surface area contributed by atoms with Crippen LogP contribution in [0.2, 0.25) is 0 Å². The second-order valence-electron chi connectivity index (χ2n) is 5.39. The van der Waals surface area contributed by atoms with Crippen molar-refractivity contribution in [3.8, 4) is 0 Å². The third-order valence-electron chi connectivity index (χ3n) is 3.66. The summed E-state index contributed by atoms with van der Waals surface area (Å²) in [6.07, 6.45) is 0.861. The van der Waals surface area contributed by atoms with Crippen molar-refractivity contribution in [2.24, 2.45) is 0 Å². The average Bonchev–Trinajstić information content (AvgIpc) is 2.66. The lowest BCUT2D eigenvalue weighted by atomic mass is 10.3. The molecule has 1 aromatic heterocycles. The molecule has 1 unspecified atom stereocenters. The van der Waals surface area contributed by atoms with E-state index in [1.165, 1.54) is 11.3 Å². The quantitative estimate of drug-likeness (QED) is 0.796. The molecule has 1 saturated heterocycles. The molecule has 7 heteroatoms. The van der Waals surface area contributed by atoms with Crippen molar-refractivity contribution in [2.45, 2.75) is 37.1 Å². The lowest BCUT2D eigenvalue weighted by molar-refractivity contribution is 0.290. The Morgan fingerprint density at radius 3 is 2.80 bits per heavy atom. The van der Waals surface area contributed by atoms with Gasteiger partial charge in [-0.05, 0) is 44.8 Å². The van der Waals surface area contributed by atoms with Gasteiger partial charge < -0.3 is 4.90 Å². The number of hydrogen-bond donors (Lipinski definition) is 0. The molecule has 0 aliphatic carbocycles. The van der Waals surface area contributed by atoms with Gasteiger partial charge in [0.1, 0.15) is 4.90 Å². The molecule has 1 atom stereocenters. The molecule has 2 heterocycles. The van der Waals surface area contributed by atoms with Crippen LogP contribution in [0, 0.1) is 6.92 Å². The highest BCUT2D eigenvalue weighted by Crippen LogP contribution is 2.32. The Bertz CT molecular complexity index is 571. The van der Waals surface area contributed by atoms with E-state index in [0.717, 1.165) is 30.0 Å². The molecule has 114 valence electrons. The van der Waals surface area contributed by atoms with Crippen molar-refractivity contribution in [3.05, 3.63) is 15.8 Å². The van der Waals surface area contributed by atoms with E-state index >= 15 is 0 Å². The maximum Gasteiger partial charge on any atom is 0.244 e. The lowest BCUT2D eigenvalue weighted by Crippen LogP contribution is -2.42. The summed E-state index contributed by atoms with van der Waals surface area (Å²) in [5.74, 6) is 0.245. The maximum absolute atomic E-state index is 13.0. The fourth-order valence-corrected chi connectivity index (χ4v) is 6.43. The number of nitrogens with zero attached hydrogens (tertiary/aromatic N) is 2. The van der Waals surface area contributed by atoms with Crippen molar-refractivity contribution < 1.29 is 8.42 Å². The van der Waals surface area contributed by atoms with Gasteiger partial charge >= 0.3 is 0 Å². The molecule has 1 aromatic rings. The normalized spacial score (nSPS) is 22.9. The van der Waals surface area contributed by atoms with Crippen molar-refractivity contribution in [3.63, 3.8) is 0 Å².